The summed E-state index contributed by atoms with van der Waals surface area (Å²) in [4.78, 5) is 9.80. The van der Waals surface area contributed by atoms with Gasteiger partial charge in [0.2, 0.25) is 5.82 Å². The first kappa shape index (κ1) is 16.3. The van der Waals surface area contributed by atoms with Gasteiger partial charge in [0, 0.05) is 0 Å². The van der Waals surface area contributed by atoms with Crippen LogP contribution >= 0.6 is 23.2 Å². The van der Waals surface area contributed by atoms with Gasteiger partial charge in [0.05, 0.1) is 15.5 Å². The second-order valence-corrected chi connectivity index (χ2v) is 4.75. The van der Waals surface area contributed by atoms with E-state index in [1.54, 1.807) is 0 Å². The van der Waals surface area contributed by atoms with E-state index in [1.165, 1.54) is 0 Å². The lowest BCUT2D eigenvalue weighted by molar-refractivity contribution is -0.383. The molecule has 0 saturated carbocycles. The van der Waals surface area contributed by atoms with Crippen molar-refractivity contribution in [1.29, 1.82) is 0 Å². The lowest BCUT2D eigenvalue weighted by Crippen LogP contribution is -2.12. The second-order valence-electron chi connectivity index (χ2n) is 3.96. The van der Waals surface area contributed by atoms with Gasteiger partial charge in [0.25, 0.3) is 0 Å². The van der Waals surface area contributed by atoms with Crippen molar-refractivity contribution in [1.82, 2.24) is 9.78 Å². The molecule has 2 aromatic rings. The van der Waals surface area contributed by atoms with Crippen LogP contribution in [-0.4, -0.2) is 14.7 Å². The number of halogens is 6. The third-order valence-electron chi connectivity index (χ3n) is 2.63. The Labute approximate surface area is 129 Å². The number of alkyl halides is 3. The molecule has 0 unspecified atom stereocenters. The molecule has 0 saturated heterocycles. The zero-order valence-electron chi connectivity index (χ0n) is 10.2. The lowest BCUT2D eigenvalue weighted by Gasteiger charge is -2.14. The van der Waals surface area contributed by atoms with Gasteiger partial charge in [-0.3, -0.25) is 10.1 Å². The lowest BCUT2D eigenvalue weighted by atomic mass is 10.2. The minimum atomic E-state index is -5.02. The van der Waals surface area contributed by atoms with Gasteiger partial charge in [0.1, 0.15) is 16.9 Å². The largest absolute Gasteiger partial charge is 0.419 e. The molecule has 0 amide bonds. The van der Waals surface area contributed by atoms with E-state index in [-0.39, 0.29) is 0 Å². The van der Waals surface area contributed by atoms with Crippen LogP contribution in [0.2, 0.25) is 10.0 Å². The first-order valence-electron chi connectivity index (χ1n) is 5.28. The van der Waals surface area contributed by atoms with Crippen molar-refractivity contribution in [2.24, 2.45) is 0 Å². The van der Waals surface area contributed by atoms with Gasteiger partial charge in [-0.15, -0.1) is 0 Å². The highest BCUT2D eigenvalue weighted by Gasteiger charge is 2.37. The number of aromatic nitrogens is 2. The Morgan fingerprint density at radius 3 is 2.41 bits per heavy atom. The minimum Gasteiger partial charge on any atom is -0.378 e. The maximum absolute atomic E-state index is 13.8. The first-order chi connectivity index (χ1) is 10.1. The van der Waals surface area contributed by atoms with E-state index in [4.69, 9.17) is 28.9 Å². The molecule has 118 valence electrons. The fraction of sp³-hybridized carbons (Fsp3) is 0.100. The zero-order chi connectivity index (χ0) is 16.8. The van der Waals surface area contributed by atoms with E-state index in [1.807, 2.05) is 0 Å². The van der Waals surface area contributed by atoms with Gasteiger partial charge in [0.15, 0.2) is 5.82 Å². The van der Waals surface area contributed by atoms with E-state index >= 15 is 0 Å². The van der Waals surface area contributed by atoms with Crippen molar-refractivity contribution in [3.63, 3.8) is 0 Å². The van der Waals surface area contributed by atoms with Crippen LogP contribution in [0.5, 0.6) is 0 Å². The molecule has 2 N–H and O–H groups in total. The fourth-order valence-electron chi connectivity index (χ4n) is 1.65. The second kappa shape index (κ2) is 5.29. The molecule has 2 rings (SSSR count). The standard InChI is InChI=1S/C10H4Cl2F4N4O2/c11-4-1-3(10(14,15)16)7(13)6(12)8(4)19-9(17)5(2-18-19)20(21)22/h1-2H,17H2. The van der Waals surface area contributed by atoms with E-state index in [0.717, 1.165) is 6.20 Å². The summed E-state index contributed by atoms with van der Waals surface area (Å²) in [5.74, 6) is -2.35. The van der Waals surface area contributed by atoms with E-state index in [9.17, 15) is 27.7 Å². The third kappa shape index (κ3) is 2.55. The van der Waals surface area contributed by atoms with Crippen LogP contribution < -0.4 is 5.73 Å². The number of anilines is 1. The molecule has 0 spiro atoms. The quantitative estimate of drug-likeness (QED) is 0.382. The average Bonchev–Trinajstić information content (AvgIpc) is 2.75. The molecule has 0 fully saturated rings. The van der Waals surface area contributed by atoms with E-state index in [0.29, 0.717) is 10.7 Å². The fourth-order valence-corrected chi connectivity index (χ4v) is 2.27. The normalized spacial score (nSPS) is 11.7. The first-order valence-corrected chi connectivity index (χ1v) is 6.04. The van der Waals surface area contributed by atoms with Crippen LogP contribution in [-0.2, 0) is 6.18 Å². The van der Waals surface area contributed by atoms with E-state index in [2.05, 4.69) is 5.10 Å². The highest BCUT2D eigenvalue weighted by Crippen LogP contribution is 2.41. The number of hydrogen-bond acceptors (Lipinski definition) is 4. The topological polar surface area (TPSA) is 87.0 Å². The van der Waals surface area contributed by atoms with Crippen LogP contribution in [0, 0.1) is 15.9 Å². The molecule has 0 radical (unpaired) electrons. The number of nitrogen functional groups attached to an aromatic ring is 1. The molecule has 0 aliphatic heterocycles. The predicted octanol–water partition coefficient (Wildman–Crippen LogP) is 3.83. The Kier molecular flexibility index (Phi) is 3.92. The summed E-state index contributed by atoms with van der Waals surface area (Å²) in [5, 5.41) is 12.5. The average molecular weight is 359 g/mol. The third-order valence-corrected chi connectivity index (χ3v) is 3.27. The summed E-state index contributed by atoms with van der Waals surface area (Å²) in [6, 6.07) is 0.297. The summed E-state index contributed by atoms with van der Waals surface area (Å²) in [6.45, 7) is 0. The Morgan fingerprint density at radius 1 is 1.36 bits per heavy atom. The summed E-state index contributed by atoms with van der Waals surface area (Å²) in [7, 11) is 0. The van der Waals surface area contributed by atoms with Crippen molar-refractivity contribution < 1.29 is 22.5 Å². The van der Waals surface area contributed by atoms with Crippen LogP contribution in [0.3, 0.4) is 0 Å². The monoisotopic (exact) mass is 358 g/mol. The Balaban J connectivity index is 2.73. The Hall–Kier alpha value is -2.07. The zero-order valence-corrected chi connectivity index (χ0v) is 11.7. The van der Waals surface area contributed by atoms with Gasteiger partial charge in [-0.25, -0.2) is 9.07 Å². The summed E-state index contributed by atoms with van der Waals surface area (Å²) < 4.78 is 52.3. The molecule has 1 aromatic heterocycles. The molecule has 22 heavy (non-hydrogen) atoms. The summed E-state index contributed by atoms with van der Waals surface area (Å²) in [5.41, 5.74) is 2.61. The van der Waals surface area contributed by atoms with Crippen molar-refractivity contribution in [2.75, 3.05) is 5.73 Å². The van der Waals surface area contributed by atoms with Crippen molar-refractivity contribution in [3.05, 3.63) is 43.8 Å². The maximum Gasteiger partial charge on any atom is 0.419 e. The molecular formula is C10H4Cl2F4N4O2. The highest BCUT2D eigenvalue weighted by molar-refractivity contribution is 6.38. The van der Waals surface area contributed by atoms with Gasteiger partial charge in [-0.2, -0.15) is 18.3 Å². The van der Waals surface area contributed by atoms with Crippen LogP contribution in [0.15, 0.2) is 12.3 Å². The summed E-state index contributed by atoms with van der Waals surface area (Å²) >= 11 is 11.2. The van der Waals surface area contributed by atoms with E-state index < -0.39 is 49.7 Å². The molecule has 0 aliphatic rings. The molecule has 6 nitrogen and oxygen atoms in total. The summed E-state index contributed by atoms with van der Waals surface area (Å²) in [6.07, 6.45) is -4.28. The SMILES string of the molecule is Nc1c([N+](=O)[O-])cnn1-c1c(Cl)cc(C(F)(F)F)c(F)c1Cl. The number of hydrogen-bond donors (Lipinski definition) is 1. The van der Waals surface area contributed by atoms with Gasteiger partial charge >= 0.3 is 11.9 Å². The smallest absolute Gasteiger partial charge is 0.378 e. The van der Waals surface area contributed by atoms with Gasteiger partial charge < -0.3 is 5.73 Å². The molecule has 0 atom stereocenters. The number of nitro groups is 1. The molecule has 1 heterocycles. The van der Waals surface area contributed by atoms with Gasteiger partial charge in [-0.1, -0.05) is 23.2 Å². The molecule has 12 heteroatoms. The molecular weight excluding hydrogens is 355 g/mol. The Morgan fingerprint density at radius 2 is 1.95 bits per heavy atom. The number of nitrogens with zero attached hydrogens (tertiary/aromatic N) is 3. The number of benzene rings is 1. The number of rotatable bonds is 2. The van der Waals surface area contributed by atoms with Gasteiger partial charge in [-0.05, 0) is 6.07 Å². The van der Waals surface area contributed by atoms with Crippen molar-refractivity contribution >= 4 is 34.7 Å². The molecule has 0 bridgehead atoms. The molecule has 1 aromatic carbocycles. The Bertz CT molecular complexity index is 775. The van der Waals surface area contributed by atoms with Crippen LogP contribution in [0.4, 0.5) is 29.1 Å². The maximum atomic E-state index is 13.8. The predicted molar refractivity (Wildman–Crippen MR) is 69.6 cm³/mol. The van der Waals surface area contributed by atoms with Crippen molar-refractivity contribution in [2.45, 2.75) is 6.18 Å². The molecule has 0 aliphatic carbocycles. The van der Waals surface area contributed by atoms with Crippen molar-refractivity contribution in [3.8, 4) is 5.69 Å². The minimum absolute atomic E-state index is 0.297. The highest BCUT2D eigenvalue weighted by atomic mass is 35.5. The van der Waals surface area contributed by atoms with Crippen LogP contribution in [0.25, 0.3) is 5.69 Å². The van der Waals surface area contributed by atoms with Crippen LogP contribution in [0.1, 0.15) is 5.56 Å². The number of nitrogens with two attached hydrogens (primary N) is 1.